The summed E-state index contributed by atoms with van der Waals surface area (Å²) in [6.07, 6.45) is 0. The summed E-state index contributed by atoms with van der Waals surface area (Å²) in [5.41, 5.74) is 0. The molecule has 3 atom stereocenters. The third-order valence-electron chi connectivity index (χ3n) is 3.64. The van der Waals surface area contributed by atoms with Gasteiger partial charge in [-0.3, -0.25) is 4.79 Å². The summed E-state index contributed by atoms with van der Waals surface area (Å²) in [6.45, 7) is 4.11. The van der Waals surface area contributed by atoms with Crippen molar-refractivity contribution in [3.05, 3.63) is 0 Å². The van der Waals surface area contributed by atoms with Gasteiger partial charge in [-0.05, 0) is 11.8 Å². The zero-order chi connectivity index (χ0) is 10.3. The van der Waals surface area contributed by atoms with Crippen LogP contribution < -0.4 is 16.0 Å². The Balaban J connectivity index is 1.49. The largest absolute Gasteiger partial charge is 0.378 e. The molecule has 3 rings (SSSR count). The van der Waals surface area contributed by atoms with Gasteiger partial charge in [0, 0.05) is 25.7 Å². The number of fused-ring (bicyclic) bond motifs is 1. The standard InChI is InChI=1S/C10H17N3O2/c14-10(8-5-15-2-1-12-8)13-9-6-3-11-4-7(6)9/h6-9,11-12H,1-5H2,(H,13,14). The van der Waals surface area contributed by atoms with Crippen molar-refractivity contribution in [2.75, 3.05) is 32.8 Å². The maximum Gasteiger partial charge on any atom is 0.239 e. The minimum atomic E-state index is -0.145. The first-order chi connectivity index (χ1) is 7.36. The Labute approximate surface area is 88.9 Å². The summed E-state index contributed by atoms with van der Waals surface area (Å²) in [4.78, 5) is 11.8. The molecule has 0 aromatic carbocycles. The number of carbonyl (C=O) groups is 1. The van der Waals surface area contributed by atoms with Crippen LogP contribution in [0.25, 0.3) is 0 Å². The highest BCUT2D eigenvalue weighted by atomic mass is 16.5. The third-order valence-corrected chi connectivity index (χ3v) is 3.64. The molecule has 3 N–H and O–H groups in total. The first kappa shape index (κ1) is 9.57. The average Bonchev–Trinajstić information content (AvgIpc) is 2.75. The van der Waals surface area contributed by atoms with Crippen molar-refractivity contribution in [3.8, 4) is 0 Å². The molecule has 0 aromatic heterocycles. The van der Waals surface area contributed by atoms with Crippen LogP contribution in [0.5, 0.6) is 0 Å². The van der Waals surface area contributed by atoms with Gasteiger partial charge in [0.05, 0.1) is 13.2 Å². The molecule has 2 heterocycles. The van der Waals surface area contributed by atoms with Crippen LogP contribution in [0, 0.1) is 11.8 Å². The summed E-state index contributed by atoms with van der Waals surface area (Å²) in [6, 6.07) is 0.274. The molecule has 3 fully saturated rings. The quantitative estimate of drug-likeness (QED) is 0.510. The number of piperidine rings is 1. The second-order valence-corrected chi connectivity index (χ2v) is 4.60. The number of morpholine rings is 1. The maximum absolute atomic E-state index is 11.8. The van der Waals surface area contributed by atoms with Crippen LogP contribution in [0.15, 0.2) is 0 Å². The molecule has 3 unspecified atom stereocenters. The second kappa shape index (κ2) is 3.73. The van der Waals surface area contributed by atoms with Crippen LogP contribution in [0.3, 0.4) is 0 Å². The lowest BCUT2D eigenvalue weighted by molar-refractivity contribution is -0.126. The maximum atomic E-state index is 11.8. The van der Waals surface area contributed by atoms with Crippen molar-refractivity contribution < 1.29 is 9.53 Å². The lowest BCUT2D eigenvalue weighted by atomic mass is 10.2. The lowest BCUT2D eigenvalue weighted by Gasteiger charge is -2.23. The van der Waals surface area contributed by atoms with Gasteiger partial charge < -0.3 is 20.7 Å². The molecule has 1 aliphatic carbocycles. The molecule has 3 aliphatic rings. The highest BCUT2D eigenvalue weighted by Crippen LogP contribution is 2.41. The van der Waals surface area contributed by atoms with E-state index in [9.17, 15) is 4.79 Å². The Kier molecular flexibility index (Phi) is 2.38. The summed E-state index contributed by atoms with van der Waals surface area (Å²) >= 11 is 0. The molecule has 0 spiro atoms. The van der Waals surface area contributed by atoms with E-state index < -0.39 is 0 Å². The molecule has 2 saturated heterocycles. The number of hydrogen-bond donors (Lipinski definition) is 3. The fourth-order valence-corrected chi connectivity index (χ4v) is 2.63. The minimum absolute atomic E-state index is 0.106. The van der Waals surface area contributed by atoms with E-state index >= 15 is 0 Å². The normalized spacial score (nSPS) is 43.5. The van der Waals surface area contributed by atoms with Gasteiger partial charge in [0.25, 0.3) is 0 Å². The van der Waals surface area contributed by atoms with Gasteiger partial charge in [-0.1, -0.05) is 0 Å². The Morgan fingerprint density at radius 3 is 2.80 bits per heavy atom. The lowest BCUT2D eigenvalue weighted by Crippen LogP contribution is -2.52. The van der Waals surface area contributed by atoms with Crippen LogP contribution >= 0.6 is 0 Å². The molecular weight excluding hydrogens is 194 g/mol. The van der Waals surface area contributed by atoms with Gasteiger partial charge in [0.2, 0.25) is 5.91 Å². The van der Waals surface area contributed by atoms with Gasteiger partial charge in [-0.2, -0.15) is 0 Å². The Hall–Kier alpha value is -0.650. The predicted octanol–water partition coefficient (Wildman–Crippen LogP) is -1.69. The van der Waals surface area contributed by atoms with E-state index in [1.807, 2.05) is 0 Å². The van der Waals surface area contributed by atoms with Crippen LogP contribution in [-0.2, 0) is 9.53 Å². The zero-order valence-corrected chi connectivity index (χ0v) is 8.66. The monoisotopic (exact) mass is 211 g/mol. The van der Waals surface area contributed by atoms with E-state index in [2.05, 4.69) is 16.0 Å². The van der Waals surface area contributed by atoms with Gasteiger partial charge in [-0.15, -0.1) is 0 Å². The van der Waals surface area contributed by atoms with Crippen LogP contribution in [0.4, 0.5) is 0 Å². The van der Waals surface area contributed by atoms with Gasteiger partial charge in [0.1, 0.15) is 6.04 Å². The first-order valence-electron chi connectivity index (χ1n) is 5.68. The van der Waals surface area contributed by atoms with Crippen LogP contribution in [0.1, 0.15) is 0 Å². The van der Waals surface area contributed by atoms with Crippen molar-refractivity contribution in [3.63, 3.8) is 0 Å². The molecule has 0 radical (unpaired) electrons. The van der Waals surface area contributed by atoms with E-state index in [4.69, 9.17) is 4.74 Å². The highest BCUT2D eigenvalue weighted by Gasteiger charge is 2.53. The number of ether oxygens (including phenoxy) is 1. The van der Waals surface area contributed by atoms with E-state index in [1.54, 1.807) is 0 Å². The fraction of sp³-hybridized carbons (Fsp3) is 0.900. The second-order valence-electron chi connectivity index (χ2n) is 4.60. The number of carbonyl (C=O) groups excluding carboxylic acids is 1. The van der Waals surface area contributed by atoms with Gasteiger partial charge in [0.15, 0.2) is 0 Å². The molecule has 0 aromatic rings. The van der Waals surface area contributed by atoms with Crippen molar-refractivity contribution in [2.45, 2.75) is 12.1 Å². The zero-order valence-electron chi connectivity index (χ0n) is 8.66. The minimum Gasteiger partial charge on any atom is -0.378 e. The van der Waals surface area contributed by atoms with Gasteiger partial charge in [-0.25, -0.2) is 0 Å². The molecular formula is C10H17N3O2. The van der Waals surface area contributed by atoms with E-state index in [1.165, 1.54) is 0 Å². The Morgan fingerprint density at radius 1 is 1.33 bits per heavy atom. The number of amides is 1. The smallest absolute Gasteiger partial charge is 0.239 e. The summed E-state index contributed by atoms with van der Waals surface area (Å²) < 4.78 is 5.26. The summed E-state index contributed by atoms with van der Waals surface area (Å²) in [7, 11) is 0. The third kappa shape index (κ3) is 1.75. The Bertz CT molecular complexity index is 255. The molecule has 2 aliphatic heterocycles. The van der Waals surface area contributed by atoms with Crippen molar-refractivity contribution in [1.82, 2.24) is 16.0 Å². The van der Waals surface area contributed by atoms with E-state index in [0.717, 1.165) is 19.6 Å². The summed E-state index contributed by atoms with van der Waals surface area (Å²) in [5.74, 6) is 1.46. The molecule has 1 amide bonds. The summed E-state index contributed by atoms with van der Waals surface area (Å²) in [5, 5.41) is 9.58. The van der Waals surface area contributed by atoms with Crippen molar-refractivity contribution in [1.29, 1.82) is 0 Å². The first-order valence-corrected chi connectivity index (χ1v) is 5.68. The Morgan fingerprint density at radius 2 is 2.13 bits per heavy atom. The van der Waals surface area contributed by atoms with Crippen molar-refractivity contribution >= 4 is 5.91 Å². The predicted molar refractivity (Wildman–Crippen MR) is 54.4 cm³/mol. The van der Waals surface area contributed by atoms with E-state index in [-0.39, 0.29) is 11.9 Å². The molecule has 15 heavy (non-hydrogen) atoms. The fourth-order valence-electron chi connectivity index (χ4n) is 2.63. The topological polar surface area (TPSA) is 62.4 Å². The number of rotatable bonds is 2. The molecule has 84 valence electrons. The SMILES string of the molecule is O=C(NC1C2CNCC21)C1COCCN1. The highest BCUT2D eigenvalue weighted by molar-refractivity contribution is 5.82. The number of nitrogens with one attached hydrogen (secondary N) is 3. The van der Waals surface area contributed by atoms with Crippen molar-refractivity contribution in [2.24, 2.45) is 11.8 Å². The van der Waals surface area contributed by atoms with Crippen LogP contribution in [0.2, 0.25) is 0 Å². The molecule has 1 saturated carbocycles. The number of hydrogen-bond acceptors (Lipinski definition) is 4. The molecule has 0 bridgehead atoms. The van der Waals surface area contributed by atoms with E-state index in [0.29, 0.717) is 31.1 Å². The molecule has 5 nitrogen and oxygen atoms in total. The van der Waals surface area contributed by atoms with Crippen LogP contribution in [-0.4, -0.2) is 50.8 Å². The van der Waals surface area contributed by atoms with Gasteiger partial charge >= 0.3 is 0 Å². The average molecular weight is 211 g/mol. The molecule has 5 heteroatoms.